The summed E-state index contributed by atoms with van der Waals surface area (Å²) in [5.74, 6) is 1.16. The summed E-state index contributed by atoms with van der Waals surface area (Å²) in [4.78, 5) is 33.2. The summed E-state index contributed by atoms with van der Waals surface area (Å²) >= 11 is 0. The van der Waals surface area contributed by atoms with Crippen LogP contribution in [-0.2, 0) is 4.79 Å². The van der Waals surface area contributed by atoms with Gasteiger partial charge in [0, 0.05) is 50.6 Å². The van der Waals surface area contributed by atoms with Gasteiger partial charge in [-0.1, -0.05) is 35.5 Å². The van der Waals surface area contributed by atoms with Crippen molar-refractivity contribution >= 4 is 11.9 Å². The van der Waals surface area contributed by atoms with Crippen LogP contribution in [-0.4, -0.2) is 64.6 Å². The van der Waals surface area contributed by atoms with E-state index < -0.39 is 0 Å². The molecule has 1 aliphatic rings. The maximum absolute atomic E-state index is 12.8. The van der Waals surface area contributed by atoms with Gasteiger partial charge in [0.05, 0.1) is 0 Å². The highest BCUT2D eigenvalue weighted by Crippen LogP contribution is 2.26. The second-order valence-electron chi connectivity index (χ2n) is 7.49. The second kappa shape index (κ2) is 10.8. The number of aromatic nitrogens is 2. The van der Waals surface area contributed by atoms with Gasteiger partial charge in [-0.05, 0) is 33.1 Å². The highest BCUT2D eigenvalue weighted by molar-refractivity contribution is 5.78. The maximum Gasteiger partial charge on any atom is 0.319 e. The Morgan fingerprint density at radius 1 is 1.20 bits per heavy atom. The molecule has 2 aromatic rings. The number of nitrogens with zero attached hydrogens (tertiary/aromatic N) is 4. The van der Waals surface area contributed by atoms with Crippen molar-refractivity contribution in [3.05, 3.63) is 36.2 Å². The second-order valence-corrected chi connectivity index (χ2v) is 7.49. The van der Waals surface area contributed by atoms with E-state index in [1.165, 1.54) is 0 Å². The van der Waals surface area contributed by atoms with Crippen LogP contribution < -0.4 is 5.32 Å². The summed E-state index contributed by atoms with van der Waals surface area (Å²) in [6.45, 7) is 6.85. The number of hydrogen-bond donors (Lipinski definition) is 1. The average Bonchev–Trinajstić information content (AvgIpc) is 3.24. The van der Waals surface area contributed by atoms with E-state index in [4.69, 9.17) is 4.52 Å². The lowest BCUT2D eigenvalue weighted by Crippen LogP contribution is -2.44. The molecular weight excluding hydrogens is 382 g/mol. The first-order valence-electron chi connectivity index (χ1n) is 10.8. The SMILES string of the molecule is CCN(CC)C(=O)N1CCCC(c2nc(-c3ccccc3)no2)CCNC(=O)CC1. The first kappa shape index (κ1) is 21.8. The zero-order chi connectivity index (χ0) is 21.3. The largest absolute Gasteiger partial charge is 0.356 e. The number of carbonyl (C=O) groups is 2. The molecule has 162 valence electrons. The van der Waals surface area contributed by atoms with E-state index in [0.717, 1.165) is 24.8 Å². The van der Waals surface area contributed by atoms with Crippen LogP contribution in [0.1, 0.15) is 51.3 Å². The van der Waals surface area contributed by atoms with Crippen LogP contribution in [0.5, 0.6) is 0 Å². The molecule has 8 nitrogen and oxygen atoms in total. The van der Waals surface area contributed by atoms with Crippen LogP contribution in [0.3, 0.4) is 0 Å². The van der Waals surface area contributed by atoms with Gasteiger partial charge in [0.2, 0.25) is 17.6 Å². The Bertz CT molecular complexity index is 819. The molecule has 0 aliphatic carbocycles. The topological polar surface area (TPSA) is 91.6 Å². The lowest BCUT2D eigenvalue weighted by Gasteiger charge is -2.29. The first-order valence-corrected chi connectivity index (χ1v) is 10.8. The number of rotatable bonds is 4. The zero-order valence-electron chi connectivity index (χ0n) is 17.8. The molecule has 1 aliphatic heterocycles. The van der Waals surface area contributed by atoms with Crippen molar-refractivity contribution in [2.75, 3.05) is 32.7 Å². The highest BCUT2D eigenvalue weighted by atomic mass is 16.5. The molecule has 1 atom stereocenters. The van der Waals surface area contributed by atoms with Crippen LogP contribution in [0.15, 0.2) is 34.9 Å². The predicted molar refractivity (Wildman–Crippen MR) is 114 cm³/mol. The molecule has 1 aromatic heterocycles. The predicted octanol–water partition coefficient (Wildman–Crippen LogP) is 3.27. The molecule has 2 heterocycles. The Morgan fingerprint density at radius 3 is 2.70 bits per heavy atom. The first-order chi connectivity index (χ1) is 14.6. The van der Waals surface area contributed by atoms with Gasteiger partial charge in [0.25, 0.3) is 0 Å². The Balaban J connectivity index is 1.71. The van der Waals surface area contributed by atoms with Crippen molar-refractivity contribution in [2.24, 2.45) is 0 Å². The smallest absolute Gasteiger partial charge is 0.319 e. The van der Waals surface area contributed by atoms with Crippen LogP contribution in [0.25, 0.3) is 11.4 Å². The van der Waals surface area contributed by atoms with Crippen molar-refractivity contribution in [3.8, 4) is 11.4 Å². The van der Waals surface area contributed by atoms with E-state index in [2.05, 4.69) is 15.5 Å². The summed E-state index contributed by atoms with van der Waals surface area (Å²) < 4.78 is 5.57. The van der Waals surface area contributed by atoms with E-state index in [9.17, 15) is 9.59 Å². The van der Waals surface area contributed by atoms with Gasteiger partial charge in [-0.2, -0.15) is 4.98 Å². The number of nitrogens with one attached hydrogen (secondary N) is 1. The van der Waals surface area contributed by atoms with Gasteiger partial charge in [0.1, 0.15) is 0 Å². The summed E-state index contributed by atoms with van der Waals surface area (Å²) in [6.07, 6.45) is 2.67. The third kappa shape index (κ3) is 5.58. The molecular formula is C22H31N5O3. The van der Waals surface area contributed by atoms with E-state index in [-0.39, 0.29) is 17.9 Å². The number of hydrogen-bond acceptors (Lipinski definition) is 5. The fourth-order valence-electron chi connectivity index (χ4n) is 3.73. The molecule has 0 saturated carbocycles. The molecule has 3 rings (SSSR count). The lowest BCUT2D eigenvalue weighted by atomic mass is 9.99. The van der Waals surface area contributed by atoms with Gasteiger partial charge in [-0.15, -0.1) is 0 Å². The summed E-state index contributed by atoms with van der Waals surface area (Å²) in [7, 11) is 0. The molecule has 3 amide bonds. The molecule has 0 bridgehead atoms. The minimum atomic E-state index is -0.0384. The third-order valence-electron chi connectivity index (χ3n) is 5.53. The number of benzene rings is 1. The van der Waals surface area contributed by atoms with Gasteiger partial charge in [0.15, 0.2) is 0 Å². The Hall–Kier alpha value is -2.90. The summed E-state index contributed by atoms with van der Waals surface area (Å²) in [5.41, 5.74) is 0.911. The van der Waals surface area contributed by atoms with Crippen molar-refractivity contribution in [2.45, 2.75) is 45.4 Å². The minimum absolute atomic E-state index is 0.00671. The summed E-state index contributed by atoms with van der Waals surface area (Å²) in [5, 5.41) is 7.09. The lowest BCUT2D eigenvalue weighted by molar-refractivity contribution is -0.121. The van der Waals surface area contributed by atoms with Crippen LogP contribution >= 0.6 is 0 Å². The Kier molecular flexibility index (Phi) is 7.82. The van der Waals surface area contributed by atoms with E-state index >= 15 is 0 Å². The maximum atomic E-state index is 12.8. The molecule has 8 heteroatoms. The standard InChI is InChI=1S/C22H31N5O3/c1-3-26(4-2)22(29)27-15-8-11-18(12-14-23-19(28)13-16-27)21-24-20(25-30-21)17-9-6-5-7-10-17/h5-7,9-10,18H,3-4,8,11-16H2,1-2H3,(H,23,28). The average molecular weight is 414 g/mol. The van der Waals surface area contributed by atoms with Crippen molar-refractivity contribution in [3.63, 3.8) is 0 Å². The van der Waals surface area contributed by atoms with E-state index in [1.807, 2.05) is 44.2 Å². The molecule has 1 aromatic carbocycles. The van der Waals surface area contributed by atoms with Crippen LogP contribution in [0, 0.1) is 0 Å². The zero-order valence-corrected chi connectivity index (χ0v) is 17.8. The van der Waals surface area contributed by atoms with Crippen molar-refractivity contribution in [1.29, 1.82) is 0 Å². The fraction of sp³-hybridized carbons (Fsp3) is 0.545. The number of urea groups is 1. The number of carbonyl (C=O) groups excluding carboxylic acids is 2. The Morgan fingerprint density at radius 2 is 1.97 bits per heavy atom. The third-order valence-corrected chi connectivity index (χ3v) is 5.53. The normalized spacial score (nSPS) is 18.4. The van der Waals surface area contributed by atoms with Crippen LogP contribution in [0.4, 0.5) is 4.79 Å². The summed E-state index contributed by atoms with van der Waals surface area (Å²) in [6, 6.07) is 9.72. The monoisotopic (exact) mass is 413 g/mol. The van der Waals surface area contributed by atoms with Crippen molar-refractivity contribution in [1.82, 2.24) is 25.3 Å². The molecule has 1 fully saturated rings. The molecule has 30 heavy (non-hydrogen) atoms. The highest BCUT2D eigenvalue weighted by Gasteiger charge is 2.24. The number of amides is 3. The van der Waals surface area contributed by atoms with Crippen molar-refractivity contribution < 1.29 is 14.1 Å². The van der Waals surface area contributed by atoms with Gasteiger partial charge < -0.3 is 19.6 Å². The van der Waals surface area contributed by atoms with Crippen LogP contribution in [0.2, 0.25) is 0 Å². The molecule has 0 radical (unpaired) electrons. The molecule has 1 saturated heterocycles. The van der Waals surface area contributed by atoms with E-state index in [1.54, 1.807) is 9.80 Å². The molecule has 0 spiro atoms. The molecule has 1 N–H and O–H groups in total. The molecule has 1 unspecified atom stereocenters. The van der Waals surface area contributed by atoms with E-state index in [0.29, 0.717) is 50.9 Å². The Labute approximate surface area is 177 Å². The van der Waals surface area contributed by atoms with Gasteiger partial charge >= 0.3 is 6.03 Å². The minimum Gasteiger partial charge on any atom is -0.356 e. The quantitative estimate of drug-likeness (QED) is 0.831. The van der Waals surface area contributed by atoms with Gasteiger partial charge in [-0.25, -0.2) is 4.79 Å². The van der Waals surface area contributed by atoms with Gasteiger partial charge in [-0.3, -0.25) is 4.79 Å². The fourth-order valence-corrected chi connectivity index (χ4v) is 3.73.